The minimum Gasteiger partial charge on any atom is -0.481 e. The van der Waals surface area contributed by atoms with E-state index < -0.39 is 29.8 Å². The minimum atomic E-state index is -1.10. The average molecular weight is 499 g/mol. The number of carboxylic acids is 1. The maximum Gasteiger partial charge on any atom is 0.303 e. The van der Waals surface area contributed by atoms with Gasteiger partial charge in [-0.25, -0.2) is 13.5 Å². The van der Waals surface area contributed by atoms with Gasteiger partial charge >= 0.3 is 5.97 Å². The molecule has 3 rings (SSSR count). The molecule has 0 radical (unpaired) electrons. The molecule has 3 N–H and O–H groups in total. The highest BCUT2D eigenvalue weighted by Gasteiger charge is 2.20. The molecule has 0 saturated carbocycles. The molecule has 0 amide bonds. The van der Waals surface area contributed by atoms with E-state index >= 15 is 0 Å². The third-order valence-electron chi connectivity index (χ3n) is 5.45. The summed E-state index contributed by atoms with van der Waals surface area (Å²) >= 11 is 0. The lowest BCUT2D eigenvalue weighted by atomic mass is 9.91. The summed E-state index contributed by atoms with van der Waals surface area (Å²) in [5.41, 5.74) is 2.27. The Bertz CT molecular complexity index is 1170. The fourth-order valence-corrected chi connectivity index (χ4v) is 3.67. The molecule has 1 heterocycles. The molecular weight excluding hydrogens is 470 g/mol. The molecule has 0 bridgehead atoms. The Hall–Kier alpha value is -3.76. The van der Waals surface area contributed by atoms with Crippen molar-refractivity contribution in [3.8, 4) is 0 Å². The number of carboxylic acid groups (broad SMARTS) is 1. The molecule has 0 aliphatic heterocycles. The summed E-state index contributed by atoms with van der Waals surface area (Å²) in [7, 11) is 0. The molecule has 0 aliphatic carbocycles. The normalized spacial score (nSPS) is 13.2. The van der Waals surface area contributed by atoms with Crippen molar-refractivity contribution in [3.63, 3.8) is 0 Å². The van der Waals surface area contributed by atoms with Crippen LogP contribution in [-0.2, 0) is 4.79 Å². The summed E-state index contributed by atoms with van der Waals surface area (Å²) in [6.07, 6.45) is 0.648. The summed E-state index contributed by atoms with van der Waals surface area (Å²) in [6, 6.07) is 11.4. The predicted octanol–water partition coefficient (Wildman–Crippen LogP) is 4.02. The molecule has 0 saturated heterocycles. The number of aromatic nitrogens is 4. The second-order valence-corrected chi connectivity index (χ2v) is 8.59. The number of aliphatic hydroxyl groups is 2. The van der Waals surface area contributed by atoms with Crippen LogP contribution in [0.4, 0.5) is 8.78 Å². The topological polar surface area (TPSA) is 121 Å². The predicted molar refractivity (Wildman–Crippen MR) is 130 cm³/mol. The van der Waals surface area contributed by atoms with Crippen molar-refractivity contribution >= 4 is 17.1 Å². The summed E-state index contributed by atoms with van der Waals surface area (Å²) in [5.74, 6) is -1.52. The number of hydrogen-bond acceptors (Lipinski definition) is 6. The molecule has 2 aromatic carbocycles. The number of carbonyl (C=O) groups is 1. The molecular formula is C26H28F2N4O4. The molecule has 36 heavy (non-hydrogen) atoms. The number of nitrogens with zero attached hydrogens (tertiary/aromatic N) is 4. The fraction of sp³-hybridized carbons (Fsp3) is 0.308. The lowest BCUT2D eigenvalue weighted by Crippen LogP contribution is -2.17. The number of tetrazole rings is 1. The van der Waals surface area contributed by atoms with E-state index in [1.54, 1.807) is 35.0 Å². The molecule has 3 aromatic rings. The minimum absolute atomic E-state index is 0.00490. The Morgan fingerprint density at radius 3 is 2.06 bits per heavy atom. The first-order valence-corrected chi connectivity index (χ1v) is 11.5. The van der Waals surface area contributed by atoms with E-state index in [0.29, 0.717) is 28.1 Å². The Kier molecular flexibility index (Phi) is 9.15. The summed E-state index contributed by atoms with van der Waals surface area (Å²) in [6.45, 7) is 3.79. The summed E-state index contributed by atoms with van der Waals surface area (Å²) < 4.78 is 29.0. The first kappa shape index (κ1) is 26.8. The van der Waals surface area contributed by atoms with Crippen molar-refractivity contribution in [2.45, 2.75) is 51.4 Å². The molecule has 0 aliphatic rings. The van der Waals surface area contributed by atoms with Gasteiger partial charge in [0, 0.05) is 18.4 Å². The molecule has 2 atom stereocenters. The summed E-state index contributed by atoms with van der Waals surface area (Å²) in [5, 5.41) is 41.4. The van der Waals surface area contributed by atoms with Crippen LogP contribution in [0.1, 0.15) is 56.1 Å². The van der Waals surface area contributed by atoms with Gasteiger partial charge in [0.15, 0.2) is 5.82 Å². The first-order chi connectivity index (χ1) is 17.2. The Labute approximate surface area is 207 Å². The van der Waals surface area contributed by atoms with Gasteiger partial charge in [-0.2, -0.15) is 0 Å². The van der Waals surface area contributed by atoms with Gasteiger partial charge in [0.2, 0.25) is 0 Å². The molecule has 0 spiro atoms. The number of benzene rings is 2. The van der Waals surface area contributed by atoms with E-state index in [1.165, 1.54) is 30.3 Å². The average Bonchev–Trinajstić information content (AvgIpc) is 3.32. The number of allylic oxidation sites excluding steroid dienone is 2. The highest BCUT2D eigenvalue weighted by atomic mass is 19.1. The number of halogens is 2. The highest BCUT2D eigenvalue weighted by molar-refractivity contribution is 6.00. The van der Waals surface area contributed by atoms with Crippen LogP contribution < -0.4 is 0 Å². The van der Waals surface area contributed by atoms with E-state index in [0.717, 1.165) is 0 Å². The van der Waals surface area contributed by atoms with Gasteiger partial charge in [-0.1, -0.05) is 36.4 Å². The van der Waals surface area contributed by atoms with E-state index in [4.69, 9.17) is 5.11 Å². The maximum absolute atomic E-state index is 13.7. The van der Waals surface area contributed by atoms with Crippen molar-refractivity contribution in [1.82, 2.24) is 20.2 Å². The van der Waals surface area contributed by atoms with Crippen LogP contribution in [0.2, 0.25) is 0 Å². The van der Waals surface area contributed by atoms with Crippen molar-refractivity contribution < 1.29 is 28.9 Å². The van der Waals surface area contributed by atoms with Crippen molar-refractivity contribution in [1.29, 1.82) is 0 Å². The Morgan fingerprint density at radius 1 is 1.00 bits per heavy atom. The standard InChI is InChI=1S/C26H28F2N4O4/c1-16(2)32-26(29-30-31-32)23(13-11-21(33)15-22(34)12-14-24(35)36)25(17-3-7-19(27)8-4-17)18-5-9-20(28)10-6-18/h3-11,13,16,21-22,33-34H,12,14-15H2,1-2H3,(H,35,36). The molecule has 2 unspecified atom stereocenters. The van der Waals surface area contributed by atoms with Gasteiger partial charge < -0.3 is 15.3 Å². The molecule has 0 fully saturated rings. The van der Waals surface area contributed by atoms with E-state index in [-0.39, 0.29) is 25.3 Å². The molecule has 190 valence electrons. The van der Waals surface area contributed by atoms with Gasteiger partial charge in [-0.3, -0.25) is 4.79 Å². The van der Waals surface area contributed by atoms with Crippen LogP contribution >= 0.6 is 0 Å². The third-order valence-corrected chi connectivity index (χ3v) is 5.45. The van der Waals surface area contributed by atoms with Crippen LogP contribution in [-0.4, -0.2) is 53.7 Å². The zero-order valence-electron chi connectivity index (χ0n) is 19.9. The lowest BCUT2D eigenvalue weighted by Gasteiger charge is -2.17. The van der Waals surface area contributed by atoms with Gasteiger partial charge in [0.1, 0.15) is 11.6 Å². The van der Waals surface area contributed by atoms with Gasteiger partial charge in [-0.05, 0) is 71.7 Å². The van der Waals surface area contributed by atoms with Crippen molar-refractivity contribution in [2.24, 2.45) is 0 Å². The molecule has 10 heteroatoms. The van der Waals surface area contributed by atoms with Crippen molar-refractivity contribution in [2.75, 3.05) is 0 Å². The largest absolute Gasteiger partial charge is 0.481 e. The Morgan fingerprint density at radius 2 is 1.56 bits per heavy atom. The quantitative estimate of drug-likeness (QED) is 0.341. The van der Waals surface area contributed by atoms with Crippen LogP contribution in [0.15, 0.2) is 60.7 Å². The second-order valence-electron chi connectivity index (χ2n) is 8.59. The second kappa shape index (κ2) is 12.3. The fourth-order valence-electron chi connectivity index (χ4n) is 3.67. The lowest BCUT2D eigenvalue weighted by molar-refractivity contribution is -0.137. The summed E-state index contributed by atoms with van der Waals surface area (Å²) in [4.78, 5) is 10.7. The Balaban J connectivity index is 2.14. The maximum atomic E-state index is 13.7. The zero-order valence-corrected chi connectivity index (χ0v) is 19.9. The van der Waals surface area contributed by atoms with Crippen molar-refractivity contribution in [3.05, 3.63) is 89.3 Å². The number of hydrogen-bond donors (Lipinski definition) is 3. The van der Waals surface area contributed by atoms with E-state index in [2.05, 4.69) is 15.5 Å². The van der Waals surface area contributed by atoms with E-state index in [9.17, 15) is 23.8 Å². The number of rotatable bonds is 11. The van der Waals surface area contributed by atoms with Crippen LogP contribution in [0.3, 0.4) is 0 Å². The number of aliphatic carboxylic acids is 1. The van der Waals surface area contributed by atoms with Crippen LogP contribution in [0.25, 0.3) is 11.1 Å². The third kappa shape index (κ3) is 7.12. The monoisotopic (exact) mass is 498 g/mol. The van der Waals surface area contributed by atoms with E-state index in [1.807, 2.05) is 13.8 Å². The van der Waals surface area contributed by atoms with Crippen LogP contribution in [0, 0.1) is 11.6 Å². The molecule has 1 aromatic heterocycles. The van der Waals surface area contributed by atoms with Gasteiger partial charge in [-0.15, -0.1) is 5.10 Å². The van der Waals surface area contributed by atoms with Crippen LogP contribution in [0.5, 0.6) is 0 Å². The highest BCUT2D eigenvalue weighted by Crippen LogP contribution is 2.33. The van der Waals surface area contributed by atoms with Gasteiger partial charge in [0.05, 0.1) is 18.2 Å². The smallest absolute Gasteiger partial charge is 0.303 e. The first-order valence-electron chi connectivity index (χ1n) is 11.5. The SMILES string of the molecule is CC(C)n1nnnc1C(C=CC(O)CC(O)CCC(=O)O)=C(c1ccc(F)cc1)c1ccc(F)cc1. The molecule has 8 nitrogen and oxygen atoms in total. The zero-order chi connectivity index (χ0) is 26.2. The number of aliphatic hydroxyl groups excluding tert-OH is 2. The van der Waals surface area contributed by atoms with Gasteiger partial charge in [0.25, 0.3) is 0 Å².